The Labute approximate surface area is 185 Å². The maximum Gasteiger partial charge on any atom is 0.00150 e. The van der Waals surface area contributed by atoms with Gasteiger partial charge in [-0.15, -0.1) is 6.58 Å². The molecule has 4 fully saturated rings. The maximum atomic E-state index is 4.08. The number of benzene rings is 1. The molecule has 0 aromatic heterocycles. The number of unbranched alkanes of at least 4 members (excludes halogenated alkanes) is 1. The predicted molar refractivity (Wildman–Crippen MR) is 129 cm³/mol. The van der Waals surface area contributed by atoms with Gasteiger partial charge in [-0.25, -0.2) is 0 Å². The summed E-state index contributed by atoms with van der Waals surface area (Å²) in [5, 5.41) is 0. The third-order valence-electron chi connectivity index (χ3n) is 10.2. The molecule has 1 aromatic carbocycles. The summed E-state index contributed by atoms with van der Waals surface area (Å²) < 4.78 is 0. The second kappa shape index (κ2) is 9.22. The Hall–Kier alpha value is -1.04. The number of hydrogen-bond donors (Lipinski definition) is 0. The van der Waals surface area contributed by atoms with Crippen molar-refractivity contribution in [2.45, 2.75) is 102 Å². The van der Waals surface area contributed by atoms with Crippen molar-refractivity contribution in [3.63, 3.8) is 0 Å². The Kier molecular flexibility index (Phi) is 6.40. The summed E-state index contributed by atoms with van der Waals surface area (Å²) in [5.41, 5.74) is 2.15. The molecule has 0 heterocycles. The highest BCUT2D eigenvalue weighted by atomic mass is 14.6. The number of rotatable bonds is 7. The first kappa shape index (κ1) is 20.8. The van der Waals surface area contributed by atoms with Gasteiger partial charge in [0.15, 0.2) is 0 Å². The highest BCUT2D eigenvalue weighted by molar-refractivity contribution is 5.31. The van der Waals surface area contributed by atoms with Crippen LogP contribution in [0, 0.1) is 35.5 Å². The van der Waals surface area contributed by atoms with E-state index < -0.39 is 0 Å². The van der Waals surface area contributed by atoms with Gasteiger partial charge in [0.25, 0.3) is 0 Å². The number of allylic oxidation sites excluding steroid dienone is 1. The second-order valence-electron chi connectivity index (χ2n) is 11.3. The van der Waals surface area contributed by atoms with Crippen LogP contribution in [0.3, 0.4) is 0 Å². The van der Waals surface area contributed by atoms with Crippen LogP contribution in [0.15, 0.2) is 43.0 Å². The zero-order chi connectivity index (χ0) is 20.4. The molecule has 0 bridgehead atoms. The fraction of sp³-hybridized carbons (Fsp3) is 0.733. The lowest BCUT2D eigenvalue weighted by atomic mass is 9.53. The van der Waals surface area contributed by atoms with E-state index in [9.17, 15) is 0 Å². The first-order chi connectivity index (χ1) is 14.9. The quantitative estimate of drug-likeness (QED) is 0.315. The molecule has 0 radical (unpaired) electrons. The largest absolute Gasteiger partial charge is 0.103 e. The Morgan fingerprint density at radius 3 is 1.83 bits per heavy atom. The lowest BCUT2D eigenvalue weighted by Gasteiger charge is -2.51. The average molecular weight is 405 g/mol. The lowest BCUT2D eigenvalue weighted by Crippen LogP contribution is -2.47. The normalized spacial score (nSPS) is 36.1. The molecule has 4 saturated carbocycles. The van der Waals surface area contributed by atoms with Gasteiger partial charge in [0.05, 0.1) is 0 Å². The van der Waals surface area contributed by atoms with Crippen LogP contribution >= 0.6 is 0 Å². The van der Waals surface area contributed by atoms with Crippen molar-refractivity contribution in [1.29, 1.82) is 0 Å². The van der Waals surface area contributed by atoms with E-state index in [0.29, 0.717) is 5.41 Å². The SMILES string of the molecule is C=CCCC[C@@](c1ccccc1)(C1CCCC1)C1C2CCCCC2C2CCCCC21. The van der Waals surface area contributed by atoms with Crippen LogP contribution in [0.4, 0.5) is 0 Å². The fourth-order valence-electron chi connectivity index (χ4n) is 9.36. The van der Waals surface area contributed by atoms with Crippen molar-refractivity contribution in [3.05, 3.63) is 48.6 Å². The van der Waals surface area contributed by atoms with Crippen LogP contribution in [-0.2, 0) is 5.41 Å². The van der Waals surface area contributed by atoms with Gasteiger partial charge in [0.1, 0.15) is 0 Å². The van der Waals surface area contributed by atoms with Crippen molar-refractivity contribution in [2.75, 3.05) is 0 Å². The summed E-state index contributed by atoms with van der Waals surface area (Å²) in [6.07, 6.45) is 24.2. The van der Waals surface area contributed by atoms with Gasteiger partial charge < -0.3 is 0 Å². The Bertz CT molecular complexity index is 661. The highest BCUT2D eigenvalue weighted by Crippen LogP contribution is 2.66. The van der Waals surface area contributed by atoms with Crippen LogP contribution in [0.5, 0.6) is 0 Å². The summed E-state index contributed by atoms with van der Waals surface area (Å²) in [5.74, 6) is 5.99. The van der Waals surface area contributed by atoms with E-state index in [2.05, 4.69) is 43.0 Å². The topological polar surface area (TPSA) is 0 Å². The molecule has 5 rings (SSSR count). The van der Waals surface area contributed by atoms with Gasteiger partial charge >= 0.3 is 0 Å². The van der Waals surface area contributed by atoms with E-state index in [1.165, 1.54) is 83.5 Å². The second-order valence-corrected chi connectivity index (χ2v) is 11.3. The van der Waals surface area contributed by atoms with Gasteiger partial charge in [0.2, 0.25) is 0 Å². The molecule has 30 heavy (non-hydrogen) atoms. The van der Waals surface area contributed by atoms with Gasteiger partial charge in [0, 0.05) is 5.41 Å². The van der Waals surface area contributed by atoms with E-state index in [4.69, 9.17) is 0 Å². The number of hydrogen-bond acceptors (Lipinski definition) is 0. The fourth-order valence-corrected chi connectivity index (χ4v) is 9.36. The summed E-state index contributed by atoms with van der Waals surface area (Å²) in [4.78, 5) is 0. The molecule has 4 unspecified atom stereocenters. The van der Waals surface area contributed by atoms with Gasteiger partial charge in [-0.05, 0) is 98.9 Å². The summed E-state index contributed by atoms with van der Waals surface area (Å²) in [6.45, 7) is 4.08. The van der Waals surface area contributed by atoms with E-state index >= 15 is 0 Å². The molecular weight excluding hydrogens is 360 g/mol. The molecule has 4 aliphatic carbocycles. The first-order valence-corrected chi connectivity index (χ1v) is 13.5. The molecule has 0 aliphatic heterocycles. The standard InChI is InChI=1S/C30H44/c1-2-3-13-22-30(24-16-7-8-17-24,23-14-5-4-6-15-23)29-27-20-11-9-18-25(27)26-19-10-12-21-28(26)29/h2,4-6,14-15,24-29H,1,3,7-13,16-22H2/t25?,26?,27?,28?,29?,30-/m1/s1. The highest BCUT2D eigenvalue weighted by Gasteiger charge is 2.60. The van der Waals surface area contributed by atoms with E-state index in [0.717, 1.165) is 35.5 Å². The lowest BCUT2D eigenvalue weighted by molar-refractivity contribution is 0.0580. The van der Waals surface area contributed by atoms with Gasteiger partial charge in [-0.3, -0.25) is 0 Å². The Balaban J connectivity index is 1.63. The van der Waals surface area contributed by atoms with Crippen molar-refractivity contribution in [2.24, 2.45) is 35.5 Å². The molecule has 4 aliphatic rings. The van der Waals surface area contributed by atoms with Crippen molar-refractivity contribution < 1.29 is 0 Å². The maximum absolute atomic E-state index is 4.08. The summed E-state index contributed by atoms with van der Waals surface area (Å²) in [7, 11) is 0. The van der Waals surface area contributed by atoms with Crippen LogP contribution in [-0.4, -0.2) is 0 Å². The molecule has 0 N–H and O–H groups in total. The van der Waals surface area contributed by atoms with Gasteiger partial charge in [-0.1, -0.05) is 74.9 Å². The van der Waals surface area contributed by atoms with Crippen LogP contribution in [0.1, 0.15) is 102 Å². The van der Waals surface area contributed by atoms with Gasteiger partial charge in [-0.2, -0.15) is 0 Å². The Morgan fingerprint density at radius 1 is 0.733 bits per heavy atom. The van der Waals surface area contributed by atoms with Crippen molar-refractivity contribution in [1.82, 2.24) is 0 Å². The monoisotopic (exact) mass is 404 g/mol. The number of fused-ring (bicyclic) bond motifs is 3. The minimum atomic E-state index is 0.428. The predicted octanol–water partition coefficient (Wildman–Crippen LogP) is 8.71. The van der Waals surface area contributed by atoms with E-state index in [1.807, 2.05) is 0 Å². The summed E-state index contributed by atoms with van der Waals surface area (Å²) >= 11 is 0. The van der Waals surface area contributed by atoms with E-state index in [-0.39, 0.29) is 0 Å². The smallest absolute Gasteiger partial charge is 0.00150 e. The average Bonchev–Trinajstić information content (AvgIpc) is 3.45. The van der Waals surface area contributed by atoms with Crippen molar-refractivity contribution in [3.8, 4) is 0 Å². The minimum absolute atomic E-state index is 0.428. The minimum Gasteiger partial charge on any atom is -0.103 e. The first-order valence-electron chi connectivity index (χ1n) is 13.5. The molecule has 0 saturated heterocycles. The molecule has 0 spiro atoms. The zero-order valence-electron chi connectivity index (χ0n) is 19.2. The summed E-state index contributed by atoms with van der Waals surface area (Å²) in [6, 6.07) is 12.0. The molecule has 1 aromatic rings. The van der Waals surface area contributed by atoms with Crippen LogP contribution < -0.4 is 0 Å². The molecular formula is C30H44. The zero-order valence-corrected chi connectivity index (χ0v) is 19.2. The third-order valence-corrected chi connectivity index (χ3v) is 10.2. The third kappa shape index (κ3) is 3.51. The molecule has 0 amide bonds. The molecule has 164 valence electrons. The van der Waals surface area contributed by atoms with E-state index in [1.54, 1.807) is 18.4 Å². The van der Waals surface area contributed by atoms with Crippen LogP contribution in [0.25, 0.3) is 0 Å². The van der Waals surface area contributed by atoms with Crippen molar-refractivity contribution >= 4 is 0 Å². The molecule has 0 nitrogen and oxygen atoms in total. The Morgan fingerprint density at radius 2 is 1.27 bits per heavy atom. The van der Waals surface area contributed by atoms with Crippen LogP contribution in [0.2, 0.25) is 0 Å². The molecule has 0 heteroatoms. The molecule has 5 atom stereocenters.